The maximum absolute atomic E-state index is 13.2. The van der Waals surface area contributed by atoms with Crippen LogP contribution in [0.1, 0.15) is 22.9 Å². The highest BCUT2D eigenvalue weighted by Crippen LogP contribution is 2.39. The van der Waals surface area contributed by atoms with Crippen molar-refractivity contribution in [3.05, 3.63) is 50.2 Å². The summed E-state index contributed by atoms with van der Waals surface area (Å²) in [5, 5.41) is 4.00. The van der Waals surface area contributed by atoms with Gasteiger partial charge in [-0.05, 0) is 33.6 Å². The van der Waals surface area contributed by atoms with Crippen LogP contribution in [0.25, 0.3) is 0 Å². The number of alkyl halides is 3. The highest BCUT2D eigenvalue weighted by atomic mass is 79.9. The minimum atomic E-state index is -4.49. The van der Waals surface area contributed by atoms with Crippen LogP contribution in [0.3, 0.4) is 0 Å². The van der Waals surface area contributed by atoms with Crippen LogP contribution in [0, 0.1) is 0 Å². The van der Waals surface area contributed by atoms with Crippen molar-refractivity contribution in [2.75, 3.05) is 0 Å². The number of benzene rings is 1. The third kappa shape index (κ3) is 3.31. The molecule has 0 aliphatic rings. The van der Waals surface area contributed by atoms with Crippen molar-refractivity contribution in [2.24, 2.45) is 12.9 Å². The van der Waals surface area contributed by atoms with Crippen molar-refractivity contribution in [2.45, 2.75) is 12.2 Å². The summed E-state index contributed by atoms with van der Waals surface area (Å²) in [7, 11) is 1.64. The van der Waals surface area contributed by atoms with E-state index in [2.05, 4.69) is 42.4 Å². The quantitative estimate of drug-likeness (QED) is 0.582. The number of nitrogens with zero attached hydrogens (tertiary/aromatic N) is 2. The second kappa shape index (κ2) is 6.07. The van der Waals surface area contributed by atoms with E-state index < -0.39 is 17.8 Å². The highest BCUT2D eigenvalue weighted by Gasteiger charge is 2.36. The minimum absolute atomic E-state index is 0.0255. The summed E-state index contributed by atoms with van der Waals surface area (Å²) in [6.45, 7) is 0. The summed E-state index contributed by atoms with van der Waals surface area (Å²) < 4.78 is 42.1. The van der Waals surface area contributed by atoms with E-state index in [0.29, 0.717) is 14.6 Å². The van der Waals surface area contributed by atoms with Gasteiger partial charge < -0.3 is 0 Å². The molecule has 1 unspecified atom stereocenters. The normalized spacial score (nSPS) is 13.5. The lowest BCUT2D eigenvalue weighted by Gasteiger charge is -2.22. The molecule has 0 amide bonds. The molecule has 4 nitrogen and oxygen atoms in total. The van der Waals surface area contributed by atoms with Gasteiger partial charge in [-0.25, -0.2) is 5.43 Å². The van der Waals surface area contributed by atoms with Crippen LogP contribution >= 0.6 is 31.9 Å². The van der Waals surface area contributed by atoms with Gasteiger partial charge in [0.25, 0.3) is 0 Å². The molecule has 9 heteroatoms. The lowest BCUT2D eigenvalue weighted by atomic mass is 9.98. The van der Waals surface area contributed by atoms with Crippen LogP contribution in [-0.2, 0) is 13.2 Å². The van der Waals surface area contributed by atoms with Crippen LogP contribution in [-0.4, -0.2) is 9.78 Å². The van der Waals surface area contributed by atoms with Gasteiger partial charge in [-0.2, -0.15) is 18.3 Å². The largest absolute Gasteiger partial charge is 0.416 e. The Morgan fingerprint density at radius 2 is 2.00 bits per heavy atom. The van der Waals surface area contributed by atoms with Crippen LogP contribution in [0.4, 0.5) is 13.2 Å². The Kier molecular flexibility index (Phi) is 4.76. The molecule has 1 aromatic carbocycles. The maximum atomic E-state index is 13.2. The number of aryl methyl sites for hydroxylation is 1. The molecule has 0 saturated heterocycles. The average Bonchev–Trinajstić information content (AvgIpc) is 2.72. The van der Waals surface area contributed by atoms with Crippen LogP contribution < -0.4 is 11.3 Å². The molecule has 21 heavy (non-hydrogen) atoms. The first-order valence-electron chi connectivity index (χ1n) is 5.76. The molecule has 0 radical (unpaired) electrons. The number of nitrogens with one attached hydrogen (secondary N) is 1. The van der Waals surface area contributed by atoms with E-state index in [1.54, 1.807) is 13.1 Å². The Hall–Kier alpha value is -0.900. The smallest absolute Gasteiger partial charge is 0.271 e. The van der Waals surface area contributed by atoms with Crippen molar-refractivity contribution < 1.29 is 13.2 Å². The predicted octanol–water partition coefficient (Wildman–Crippen LogP) is 3.52. The first-order chi connectivity index (χ1) is 9.75. The van der Waals surface area contributed by atoms with Gasteiger partial charge in [-0.1, -0.05) is 22.0 Å². The van der Waals surface area contributed by atoms with Crippen molar-refractivity contribution >= 4 is 31.9 Å². The zero-order chi connectivity index (χ0) is 15.8. The Morgan fingerprint density at radius 3 is 2.48 bits per heavy atom. The van der Waals surface area contributed by atoms with Gasteiger partial charge in [-0.3, -0.25) is 10.5 Å². The minimum Gasteiger partial charge on any atom is -0.271 e. The fourth-order valence-corrected chi connectivity index (χ4v) is 3.02. The number of hydrogen-bond donors (Lipinski definition) is 2. The zero-order valence-corrected chi connectivity index (χ0v) is 13.9. The Balaban J connectivity index is 2.64. The molecule has 1 aromatic heterocycles. The second-order valence-corrected chi connectivity index (χ2v) is 6.10. The molecule has 0 bridgehead atoms. The number of rotatable bonds is 3. The molecule has 0 saturated carbocycles. The molecule has 0 aliphatic carbocycles. The van der Waals surface area contributed by atoms with E-state index in [0.717, 1.165) is 6.07 Å². The van der Waals surface area contributed by atoms with Crippen LogP contribution in [0.5, 0.6) is 0 Å². The van der Waals surface area contributed by atoms with E-state index >= 15 is 0 Å². The number of aromatic nitrogens is 2. The van der Waals surface area contributed by atoms with Gasteiger partial charge in [0.05, 0.1) is 28.0 Å². The van der Waals surface area contributed by atoms with E-state index in [9.17, 15) is 13.2 Å². The Morgan fingerprint density at radius 1 is 1.33 bits per heavy atom. The second-order valence-electron chi connectivity index (χ2n) is 4.33. The SMILES string of the molecule is Cn1ncc(Br)c1C(NN)c1ccc(Br)cc1C(F)(F)F. The van der Waals surface area contributed by atoms with Crippen LogP contribution in [0.2, 0.25) is 0 Å². The third-order valence-electron chi connectivity index (χ3n) is 3.01. The highest BCUT2D eigenvalue weighted by molar-refractivity contribution is 9.10. The molecule has 1 heterocycles. The zero-order valence-electron chi connectivity index (χ0n) is 10.7. The van der Waals surface area contributed by atoms with Gasteiger partial charge in [0, 0.05) is 11.5 Å². The van der Waals surface area contributed by atoms with E-state index in [4.69, 9.17) is 5.84 Å². The number of hydrazine groups is 1. The van der Waals surface area contributed by atoms with E-state index in [1.165, 1.54) is 16.9 Å². The van der Waals surface area contributed by atoms with Crippen LogP contribution in [0.15, 0.2) is 33.3 Å². The Labute approximate surface area is 135 Å². The lowest BCUT2D eigenvalue weighted by Crippen LogP contribution is -2.32. The van der Waals surface area contributed by atoms with Gasteiger partial charge >= 0.3 is 6.18 Å². The fourth-order valence-electron chi connectivity index (χ4n) is 2.09. The van der Waals surface area contributed by atoms with Gasteiger partial charge in [0.15, 0.2) is 0 Å². The number of halogens is 5. The van der Waals surface area contributed by atoms with Crippen molar-refractivity contribution in [3.63, 3.8) is 0 Å². The van der Waals surface area contributed by atoms with Crippen molar-refractivity contribution in [1.29, 1.82) is 0 Å². The first-order valence-corrected chi connectivity index (χ1v) is 7.34. The molecule has 114 valence electrons. The molecule has 3 N–H and O–H groups in total. The lowest BCUT2D eigenvalue weighted by molar-refractivity contribution is -0.138. The molecule has 2 rings (SSSR count). The summed E-state index contributed by atoms with van der Waals surface area (Å²) in [5.41, 5.74) is 2.20. The molecular formula is C12H11Br2F3N4. The van der Waals surface area contributed by atoms with E-state index in [1.807, 2.05) is 0 Å². The standard InChI is InChI=1S/C12H11Br2F3N4/c1-21-11(9(14)5-19-21)10(20-18)7-3-2-6(13)4-8(7)12(15,16)17/h2-5,10,20H,18H2,1H3. The molecule has 0 fully saturated rings. The monoisotopic (exact) mass is 426 g/mol. The number of nitrogens with two attached hydrogens (primary N) is 1. The summed E-state index contributed by atoms with van der Waals surface area (Å²) in [6.07, 6.45) is -2.98. The first kappa shape index (κ1) is 16.5. The molecular weight excluding hydrogens is 417 g/mol. The summed E-state index contributed by atoms with van der Waals surface area (Å²) >= 11 is 6.33. The molecule has 0 aliphatic heterocycles. The third-order valence-corrected chi connectivity index (χ3v) is 4.11. The van der Waals surface area contributed by atoms with Gasteiger partial charge in [0.2, 0.25) is 0 Å². The summed E-state index contributed by atoms with van der Waals surface area (Å²) in [6, 6.07) is 3.11. The predicted molar refractivity (Wildman–Crippen MR) is 79.2 cm³/mol. The van der Waals surface area contributed by atoms with Crippen molar-refractivity contribution in [3.8, 4) is 0 Å². The summed E-state index contributed by atoms with van der Waals surface area (Å²) in [4.78, 5) is 0. The molecule has 0 spiro atoms. The Bertz CT molecular complexity index is 635. The fraction of sp³-hybridized carbons (Fsp3) is 0.250. The maximum Gasteiger partial charge on any atom is 0.416 e. The summed E-state index contributed by atoms with van der Waals surface area (Å²) in [5.74, 6) is 5.49. The van der Waals surface area contributed by atoms with Gasteiger partial charge in [-0.15, -0.1) is 0 Å². The molecule has 2 aromatic rings. The van der Waals surface area contributed by atoms with E-state index in [-0.39, 0.29) is 5.56 Å². The van der Waals surface area contributed by atoms with Gasteiger partial charge in [0.1, 0.15) is 0 Å². The average molecular weight is 428 g/mol. The number of hydrogen-bond acceptors (Lipinski definition) is 3. The molecule has 1 atom stereocenters. The topological polar surface area (TPSA) is 55.9 Å². The van der Waals surface area contributed by atoms with Crippen molar-refractivity contribution in [1.82, 2.24) is 15.2 Å².